The number of nitrogens with one attached hydrogen (secondary N) is 2. The first-order valence-electron chi connectivity index (χ1n) is 11.7. The number of benzene rings is 2. The van der Waals surface area contributed by atoms with Gasteiger partial charge in [-0.1, -0.05) is 60.7 Å². The Morgan fingerprint density at radius 3 is 2.09 bits per heavy atom. The molecule has 2 N–H and O–H groups in total. The third kappa shape index (κ3) is 5.80. The highest BCUT2D eigenvalue weighted by Gasteiger charge is 2.26. The molecular weight excluding hydrogens is 428 g/mol. The van der Waals surface area contributed by atoms with E-state index < -0.39 is 17.2 Å². The van der Waals surface area contributed by atoms with Crippen LogP contribution in [0.1, 0.15) is 45.2 Å². The van der Waals surface area contributed by atoms with Crippen molar-refractivity contribution < 1.29 is 9.59 Å². The molecule has 1 aliphatic rings. The Bertz CT molecular complexity index is 1190. The number of hydrogen-bond donors (Lipinski definition) is 2. The molecule has 0 spiro atoms. The summed E-state index contributed by atoms with van der Waals surface area (Å²) in [6, 6.07) is 19.9. The molecule has 176 valence electrons. The summed E-state index contributed by atoms with van der Waals surface area (Å²) in [5, 5.41) is 5.69. The van der Waals surface area contributed by atoms with E-state index in [0.29, 0.717) is 13.1 Å². The zero-order valence-electron chi connectivity index (χ0n) is 19.4. The van der Waals surface area contributed by atoms with Crippen molar-refractivity contribution in [2.45, 2.75) is 32.5 Å². The molecule has 0 bridgehead atoms. The van der Waals surface area contributed by atoms with E-state index in [1.807, 2.05) is 48.5 Å². The number of nitrogens with zero attached hydrogens (tertiary/aromatic N) is 2. The van der Waals surface area contributed by atoms with Crippen molar-refractivity contribution in [2.75, 3.05) is 19.6 Å². The van der Waals surface area contributed by atoms with E-state index in [1.54, 1.807) is 17.7 Å². The monoisotopic (exact) mass is 458 g/mol. The summed E-state index contributed by atoms with van der Waals surface area (Å²) in [7, 11) is 0. The molecule has 0 unspecified atom stereocenters. The van der Waals surface area contributed by atoms with Gasteiger partial charge in [0.2, 0.25) is 5.43 Å². The molecule has 7 heteroatoms. The minimum absolute atomic E-state index is 0.0128. The second-order valence-electron chi connectivity index (χ2n) is 8.61. The second-order valence-corrected chi connectivity index (χ2v) is 8.61. The lowest BCUT2D eigenvalue weighted by atomic mass is 10.1. The van der Waals surface area contributed by atoms with Crippen molar-refractivity contribution in [3.8, 4) is 0 Å². The van der Waals surface area contributed by atoms with Crippen LogP contribution in [0.3, 0.4) is 0 Å². The van der Waals surface area contributed by atoms with E-state index >= 15 is 0 Å². The third-order valence-corrected chi connectivity index (χ3v) is 5.97. The van der Waals surface area contributed by atoms with Gasteiger partial charge in [-0.05, 0) is 24.5 Å². The van der Waals surface area contributed by atoms with Gasteiger partial charge in [-0.3, -0.25) is 19.3 Å². The van der Waals surface area contributed by atoms with Gasteiger partial charge in [0.15, 0.2) is 0 Å². The van der Waals surface area contributed by atoms with E-state index in [2.05, 4.69) is 27.7 Å². The normalized spacial score (nSPS) is 15.7. The van der Waals surface area contributed by atoms with Gasteiger partial charge in [0.1, 0.15) is 11.1 Å². The van der Waals surface area contributed by atoms with Crippen LogP contribution in [0.2, 0.25) is 0 Å². The molecule has 34 heavy (non-hydrogen) atoms. The molecular formula is C27H30N4O3. The molecule has 1 aromatic heterocycles. The van der Waals surface area contributed by atoms with Gasteiger partial charge in [0, 0.05) is 51.2 Å². The van der Waals surface area contributed by atoms with Crippen LogP contribution in [0, 0.1) is 0 Å². The van der Waals surface area contributed by atoms with Gasteiger partial charge in [0.05, 0.1) is 0 Å². The van der Waals surface area contributed by atoms with Crippen molar-refractivity contribution in [2.24, 2.45) is 0 Å². The fraction of sp³-hybridized carbons (Fsp3) is 0.296. The summed E-state index contributed by atoms with van der Waals surface area (Å²) in [6.45, 7) is 5.04. The van der Waals surface area contributed by atoms with Crippen molar-refractivity contribution in [3.05, 3.63) is 106 Å². The van der Waals surface area contributed by atoms with Crippen molar-refractivity contribution >= 4 is 11.8 Å². The molecule has 1 fully saturated rings. The highest BCUT2D eigenvalue weighted by Crippen LogP contribution is 2.14. The molecule has 2 aromatic carbocycles. The van der Waals surface area contributed by atoms with Crippen LogP contribution < -0.4 is 16.1 Å². The summed E-state index contributed by atoms with van der Waals surface area (Å²) in [5.74, 6) is -0.914. The van der Waals surface area contributed by atoms with Crippen LogP contribution in [0.15, 0.2) is 77.9 Å². The van der Waals surface area contributed by atoms with E-state index in [4.69, 9.17) is 0 Å². The molecule has 1 atom stereocenters. The highest BCUT2D eigenvalue weighted by atomic mass is 16.2. The zero-order chi connectivity index (χ0) is 23.9. The Labute approximate surface area is 199 Å². The number of hydrogen-bond acceptors (Lipinski definition) is 4. The van der Waals surface area contributed by atoms with Gasteiger partial charge in [0.25, 0.3) is 11.8 Å². The summed E-state index contributed by atoms with van der Waals surface area (Å²) >= 11 is 0. The second kappa shape index (κ2) is 10.9. The molecule has 2 amide bonds. The van der Waals surface area contributed by atoms with E-state index in [0.717, 1.165) is 31.6 Å². The molecule has 4 rings (SSSR count). The SMILES string of the molecule is CCNC(=O)c1cn(Cc2ccccc2)cc(C(=O)N[C@@H]2CCN(Cc3ccccc3)C2)c1=O. The molecule has 0 saturated carbocycles. The number of aromatic nitrogens is 1. The van der Waals surface area contributed by atoms with Gasteiger partial charge >= 0.3 is 0 Å². The predicted molar refractivity (Wildman–Crippen MR) is 132 cm³/mol. The highest BCUT2D eigenvalue weighted by molar-refractivity contribution is 5.99. The average Bonchev–Trinajstić information content (AvgIpc) is 3.28. The fourth-order valence-electron chi connectivity index (χ4n) is 4.29. The minimum atomic E-state index is -0.549. The first-order valence-corrected chi connectivity index (χ1v) is 11.7. The molecule has 7 nitrogen and oxygen atoms in total. The molecule has 2 heterocycles. The number of rotatable bonds is 8. The van der Waals surface area contributed by atoms with Gasteiger partial charge in [-0.25, -0.2) is 0 Å². The summed E-state index contributed by atoms with van der Waals surface area (Å²) in [4.78, 5) is 41.0. The number of carbonyl (C=O) groups is 2. The Balaban J connectivity index is 1.51. The van der Waals surface area contributed by atoms with Crippen LogP contribution in [-0.4, -0.2) is 47.0 Å². The Morgan fingerprint density at radius 1 is 0.882 bits per heavy atom. The fourth-order valence-corrected chi connectivity index (χ4v) is 4.29. The summed E-state index contributed by atoms with van der Waals surface area (Å²) < 4.78 is 1.73. The third-order valence-electron chi connectivity index (χ3n) is 5.97. The minimum Gasteiger partial charge on any atom is -0.352 e. The number of pyridine rings is 1. The Hall–Kier alpha value is -3.71. The standard InChI is InChI=1S/C27H30N4O3/c1-2-28-26(33)23-18-31(16-21-11-7-4-8-12-21)19-24(25(23)32)27(34)29-22-13-14-30(17-22)15-20-9-5-3-6-10-20/h3-12,18-19,22H,2,13-17H2,1H3,(H,28,33)(H,29,34)/t22-/m1/s1. The van der Waals surface area contributed by atoms with Gasteiger partial charge in [-0.15, -0.1) is 0 Å². The van der Waals surface area contributed by atoms with Gasteiger partial charge in [-0.2, -0.15) is 0 Å². The van der Waals surface area contributed by atoms with Crippen molar-refractivity contribution in [3.63, 3.8) is 0 Å². The number of amides is 2. The van der Waals surface area contributed by atoms with Crippen LogP contribution in [0.4, 0.5) is 0 Å². The lowest BCUT2D eigenvalue weighted by molar-refractivity contribution is 0.0935. The van der Waals surface area contributed by atoms with E-state index in [1.165, 1.54) is 11.8 Å². The first kappa shape index (κ1) is 23.4. The van der Waals surface area contributed by atoms with E-state index in [-0.39, 0.29) is 17.2 Å². The van der Waals surface area contributed by atoms with Crippen LogP contribution in [0.25, 0.3) is 0 Å². The largest absolute Gasteiger partial charge is 0.352 e. The average molecular weight is 459 g/mol. The number of likely N-dealkylation sites (tertiary alicyclic amines) is 1. The molecule has 0 radical (unpaired) electrons. The maximum absolute atomic E-state index is 13.1. The van der Waals surface area contributed by atoms with Crippen LogP contribution >= 0.6 is 0 Å². The maximum Gasteiger partial charge on any atom is 0.257 e. The smallest absolute Gasteiger partial charge is 0.257 e. The number of carbonyl (C=O) groups excluding carboxylic acids is 2. The topological polar surface area (TPSA) is 83.4 Å². The lowest BCUT2D eigenvalue weighted by Gasteiger charge is -2.17. The van der Waals surface area contributed by atoms with E-state index in [9.17, 15) is 14.4 Å². The van der Waals surface area contributed by atoms with Crippen LogP contribution in [-0.2, 0) is 13.1 Å². The van der Waals surface area contributed by atoms with Crippen LogP contribution in [0.5, 0.6) is 0 Å². The first-order chi connectivity index (χ1) is 16.5. The summed E-state index contributed by atoms with van der Waals surface area (Å²) in [6.07, 6.45) is 3.88. The Morgan fingerprint density at radius 2 is 1.47 bits per heavy atom. The summed E-state index contributed by atoms with van der Waals surface area (Å²) in [5.41, 5.74) is 1.65. The maximum atomic E-state index is 13.1. The Kier molecular flexibility index (Phi) is 7.54. The molecule has 1 saturated heterocycles. The predicted octanol–water partition coefficient (Wildman–Crippen LogP) is 2.65. The zero-order valence-corrected chi connectivity index (χ0v) is 19.4. The molecule has 3 aromatic rings. The van der Waals surface area contributed by atoms with Crippen molar-refractivity contribution in [1.29, 1.82) is 0 Å². The molecule has 1 aliphatic heterocycles. The van der Waals surface area contributed by atoms with Gasteiger partial charge < -0.3 is 15.2 Å². The van der Waals surface area contributed by atoms with Crippen molar-refractivity contribution in [1.82, 2.24) is 20.1 Å². The quantitative estimate of drug-likeness (QED) is 0.544. The lowest BCUT2D eigenvalue weighted by Crippen LogP contribution is -2.40. The molecule has 0 aliphatic carbocycles.